The second-order valence-electron chi connectivity index (χ2n) is 7.83. The highest BCUT2D eigenvalue weighted by atomic mass is 35.5. The normalized spacial score (nSPS) is 15.6. The van der Waals surface area contributed by atoms with Crippen LogP contribution in [0.3, 0.4) is 0 Å². The molecule has 0 unspecified atom stereocenters. The minimum absolute atomic E-state index is 0. The number of hydrogen-bond donors (Lipinski definition) is 0. The second-order valence-corrected chi connectivity index (χ2v) is 8.18. The molecule has 0 fully saturated rings. The lowest BCUT2D eigenvalue weighted by molar-refractivity contribution is -0.527. The van der Waals surface area contributed by atoms with Gasteiger partial charge in [0.25, 0.3) is 5.17 Å². The summed E-state index contributed by atoms with van der Waals surface area (Å²) in [5, 5.41) is 0.839. The molecule has 3 heteroatoms. The summed E-state index contributed by atoms with van der Waals surface area (Å²) in [5.74, 6) is 0.894. The van der Waals surface area contributed by atoms with E-state index in [0.717, 1.165) is 10.7 Å². The lowest BCUT2D eigenvalue weighted by Gasteiger charge is -2.24. The van der Waals surface area contributed by atoms with E-state index in [2.05, 4.69) is 88.6 Å². The van der Waals surface area contributed by atoms with Crippen LogP contribution in [0, 0.1) is 0 Å². The maximum atomic E-state index is 6.92. The third-order valence-electron chi connectivity index (χ3n) is 5.13. The summed E-state index contributed by atoms with van der Waals surface area (Å²) in [6.07, 6.45) is 0. The van der Waals surface area contributed by atoms with Crippen molar-refractivity contribution in [3.63, 3.8) is 0 Å². The molecule has 1 aliphatic rings. The smallest absolute Gasteiger partial charge is 0.284 e. The fourth-order valence-corrected chi connectivity index (χ4v) is 4.29. The van der Waals surface area contributed by atoms with E-state index in [1.807, 2.05) is 0 Å². The molecular formula is C22H27Cl2N. The van der Waals surface area contributed by atoms with Crippen molar-refractivity contribution in [2.24, 2.45) is 0 Å². The van der Waals surface area contributed by atoms with Crippen LogP contribution in [-0.4, -0.2) is 9.75 Å². The molecule has 1 nitrogen and oxygen atoms in total. The van der Waals surface area contributed by atoms with Crippen LogP contribution in [-0.2, 0) is 5.54 Å². The van der Waals surface area contributed by atoms with E-state index in [-0.39, 0.29) is 17.9 Å². The van der Waals surface area contributed by atoms with Crippen LogP contribution >= 0.6 is 11.6 Å². The SMILES string of the molecule is CC(C)c1cccc(C(C)C)c1[N+]1=C(Cl)c2ccccc2C1(C)C.[Cl-]. The third kappa shape index (κ3) is 3.13. The highest BCUT2D eigenvalue weighted by Crippen LogP contribution is 2.45. The Morgan fingerprint density at radius 3 is 1.84 bits per heavy atom. The monoisotopic (exact) mass is 375 g/mol. The van der Waals surface area contributed by atoms with E-state index in [1.165, 1.54) is 22.4 Å². The van der Waals surface area contributed by atoms with Crippen molar-refractivity contribution >= 4 is 22.5 Å². The molecule has 1 heterocycles. The minimum atomic E-state index is -0.164. The van der Waals surface area contributed by atoms with E-state index >= 15 is 0 Å². The molecule has 2 aromatic rings. The van der Waals surface area contributed by atoms with Gasteiger partial charge in [0.1, 0.15) is 0 Å². The summed E-state index contributed by atoms with van der Waals surface area (Å²) in [4.78, 5) is 0. The number of benzene rings is 2. The molecule has 0 atom stereocenters. The molecule has 134 valence electrons. The Bertz CT molecular complexity index is 790. The van der Waals surface area contributed by atoms with Crippen LogP contribution in [0.1, 0.15) is 75.6 Å². The summed E-state index contributed by atoms with van der Waals surface area (Å²) in [6, 6.07) is 15.2. The molecule has 1 aliphatic heterocycles. The molecule has 25 heavy (non-hydrogen) atoms. The Balaban J connectivity index is 0.00000225. The van der Waals surface area contributed by atoms with Crippen LogP contribution in [0.25, 0.3) is 0 Å². The predicted octanol–water partition coefficient (Wildman–Crippen LogP) is 3.52. The Labute approximate surface area is 163 Å². The average molecular weight is 376 g/mol. The quantitative estimate of drug-likeness (QED) is 0.722. The van der Waals surface area contributed by atoms with Gasteiger partial charge in [0.2, 0.25) is 5.69 Å². The lowest BCUT2D eigenvalue weighted by atomic mass is 9.88. The van der Waals surface area contributed by atoms with Gasteiger partial charge in [-0.05, 0) is 29.5 Å². The summed E-state index contributed by atoms with van der Waals surface area (Å²) >= 11 is 6.92. The van der Waals surface area contributed by atoms with Crippen LogP contribution in [0.4, 0.5) is 5.69 Å². The van der Waals surface area contributed by atoms with Gasteiger partial charge in [0.15, 0.2) is 5.54 Å². The predicted molar refractivity (Wildman–Crippen MR) is 104 cm³/mol. The van der Waals surface area contributed by atoms with Crippen LogP contribution in [0.15, 0.2) is 42.5 Å². The van der Waals surface area contributed by atoms with Crippen molar-refractivity contribution in [2.75, 3.05) is 0 Å². The van der Waals surface area contributed by atoms with Crippen LogP contribution < -0.4 is 12.4 Å². The summed E-state index contributed by atoms with van der Waals surface area (Å²) in [5.41, 5.74) is 6.29. The number of nitrogens with zero attached hydrogens (tertiary/aromatic N) is 1. The zero-order valence-corrected chi connectivity index (χ0v) is 17.4. The van der Waals surface area contributed by atoms with Crippen molar-refractivity contribution in [1.82, 2.24) is 0 Å². The van der Waals surface area contributed by atoms with E-state index in [0.29, 0.717) is 11.8 Å². The maximum absolute atomic E-state index is 6.92. The average Bonchev–Trinajstić information content (AvgIpc) is 2.73. The minimum Gasteiger partial charge on any atom is -1.00 e. The largest absolute Gasteiger partial charge is 1.00 e. The lowest BCUT2D eigenvalue weighted by Crippen LogP contribution is -3.00. The molecule has 0 bridgehead atoms. The van der Waals surface area contributed by atoms with Crippen molar-refractivity contribution in [3.05, 3.63) is 64.7 Å². The number of hydrogen-bond acceptors (Lipinski definition) is 0. The van der Waals surface area contributed by atoms with Crippen LogP contribution in [0.5, 0.6) is 0 Å². The Hall–Kier alpha value is -1.31. The first-order chi connectivity index (χ1) is 11.3. The fraction of sp³-hybridized carbons (Fsp3) is 0.409. The molecule has 0 spiro atoms. The number of halogens is 2. The van der Waals surface area contributed by atoms with Gasteiger partial charge < -0.3 is 12.4 Å². The first-order valence-electron chi connectivity index (χ1n) is 8.82. The zero-order valence-electron chi connectivity index (χ0n) is 15.9. The van der Waals surface area contributed by atoms with Gasteiger partial charge in [-0.3, -0.25) is 0 Å². The van der Waals surface area contributed by atoms with Gasteiger partial charge in [-0.25, -0.2) is 0 Å². The molecule has 2 aromatic carbocycles. The highest BCUT2D eigenvalue weighted by molar-refractivity contribution is 6.68. The van der Waals surface area contributed by atoms with E-state index in [9.17, 15) is 0 Å². The molecule has 0 saturated heterocycles. The first-order valence-corrected chi connectivity index (χ1v) is 9.20. The fourth-order valence-electron chi connectivity index (χ4n) is 3.83. The maximum Gasteiger partial charge on any atom is 0.284 e. The van der Waals surface area contributed by atoms with Crippen molar-refractivity contribution in [2.45, 2.75) is 58.9 Å². The van der Waals surface area contributed by atoms with Crippen molar-refractivity contribution in [3.8, 4) is 0 Å². The van der Waals surface area contributed by atoms with E-state index in [1.54, 1.807) is 0 Å². The van der Waals surface area contributed by atoms with Crippen molar-refractivity contribution in [1.29, 1.82) is 0 Å². The zero-order chi connectivity index (χ0) is 17.6. The summed E-state index contributed by atoms with van der Waals surface area (Å²) < 4.78 is 2.35. The van der Waals surface area contributed by atoms with Gasteiger partial charge in [0.05, 0.1) is 5.56 Å². The molecular weight excluding hydrogens is 349 g/mol. The standard InChI is InChI=1S/C22H27ClN.ClH/c1-14(2)16-11-9-12-17(15(3)4)20(16)24-21(23)18-10-7-8-13-19(18)22(24,5)6;/h7-15H,1-6H3;1H/q+1;/p-1. The molecule has 0 radical (unpaired) electrons. The van der Waals surface area contributed by atoms with Gasteiger partial charge in [-0.2, -0.15) is 4.58 Å². The van der Waals surface area contributed by atoms with Gasteiger partial charge >= 0.3 is 0 Å². The van der Waals surface area contributed by atoms with Crippen LogP contribution in [0.2, 0.25) is 0 Å². The van der Waals surface area contributed by atoms with Gasteiger partial charge in [-0.1, -0.05) is 64.1 Å². The molecule has 3 rings (SSSR count). The number of para-hydroxylation sites is 1. The number of rotatable bonds is 3. The van der Waals surface area contributed by atoms with E-state index in [4.69, 9.17) is 11.6 Å². The molecule has 0 aliphatic carbocycles. The topological polar surface area (TPSA) is 3.01 Å². The van der Waals surface area contributed by atoms with Gasteiger partial charge in [0, 0.05) is 30.5 Å². The third-order valence-corrected chi connectivity index (χ3v) is 5.50. The Kier molecular flexibility index (Phi) is 5.71. The number of fused-ring (bicyclic) bond motifs is 1. The molecule has 0 amide bonds. The summed E-state index contributed by atoms with van der Waals surface area (Å²) in [6.45, 7) is 13.6. The second kappa shape index (κ2) is 7.13. The Morgan fingerprint density at radius 1 is 0.840 bits per heavy atom. The first kappa shape index (κ1) is 20.0. The molecule has 0 N–H and O–H groups in total. The van der Waals surface area contributed by atoms with Gasteiger partial charge in [-0.15, -0.1) is 0 Å². The Morgan fingerprint density at radius 2 is 1.36 bits per heavy atom. The summed E-state index contributed by atoms with van der Waals surface area (Å²) in [7, 11) is 0. The molecule has 0 aromatic heterocycles. The highest BCUT2D eigenvalue weighted by Gasteiger charge is 2.47. The van der Waals surface area contributed by atoms with E-state index < -0.39 is 0 Å². The molecule has 0 saturated carbocycles. The van der Waals surface area contributed by atoms with Crippen molar-refractivity contribution < 1.29 is 17.0 Å².